The summed E-state index contributed by atoms with van der Waals surface area (Å²) in [7, 11) is 1.57. The quantitative estimate of drug-likeness (QED) is 0.338. The van der Waals surface area contributed by atoms with E-state index in [1.54, 1.807) is 31.4 Å². The molecule has 0 amide bonds. The molecule has 0 spiro atoms. The maximum atomic E-state index is 10.9. The second kappa shape index (κ2) is 7.88. The summed E-state index contributed by atoms with van der Waals surface area (Å²) in [6.07, 6.45) is 1.33. The summed E-state index contributed by atoms with van der Waals surface area (Å²) in [6.45, 7) is 0. The van der Waals surface area contributed by atoms with E-state index in [9.17, 15) is 20.5 Å². The number of anilines is 2. The van der Waals surface area contributed by atoms with Crippen LogP contribution in [-0.4, -0.2) is 33.6 Å². The molecule has 0 radical (unpaired) electrons. The summed E-state index contributed by atoms with van der Waals surface area (Å²) in [5.41, 5.74) is 0.831. The number of nitriles is 1. The van der Waals surface area contributed by atoms with Gasteiger partial charge in [0, 0.05) is 18.0 Å². The molecule has 2 aromatic carbocycles. The lowest BCUT2D eigenvalue weighted by Gasteiger charge is -2.04. The molecule has 0 aliphatic carbocycles. The number of phenolic OH excluding ortho intramolecular Hbond substituents is 1. The van der Waals surface area contributed by atoms with E-state index in [0.717, 1.165) is 0 Å². The minimum atomic E-state index is -0.694. The second-order valence-electron chi connectivity index (χ2n) is 5.52. The third-order valence-electron chi connectivity index (χ3n) is 3.75. The Morgan fingerprint density at radius 3 is 2.75 bits per heavy atom. The zero-order chi connectivity index (χ0) is 20.1. The maximum Gasteiger partial charge on any atom is 0.311 e. The summed E-state index contributed by atoms with van der Waals surface area (Å²) < 4.78 is 5.09. The number of nitrogens with one attached hydrogen (secondary N) is 2. The summed E-state index contributed by atoms with van der Waals surface area (Å²) >= 11 is 0. The van der Waals surface area contributed by atoms with Crippen molar-refractivity contribution in [2.75, 3.05) is 12.4 Å². The number of benzene rings is 2. The first-order valence-electron chi connectivity index (χ1n) is 7.93. The van der Waals surface area contributed by atoms with Gasteiger partial charge in [0.05, 0.1) is 12.0 Å². The molecule has 3 N–H and O–H groups in total. The fourth-order valence-corrected chi connectivity index (χ4v) is 2.34. The van der Waals surface area contributed by atoms with Crippen molar-refractivity contribution >= 4 is 29.2 Å². The molecule has 0 fully saturated rings. The number of phenols is 1. The molecule has 1 aromatic heterocycles. The number of hydrogen-bond donors (Lipinski definition) is 3. The first kappa shape index (κ1) is 18.4. The van der Waals surface area contributed by atoms with Gasteiger partial charge in [-0.1, -0.05) is 0 Å². The normalized spacial score (nSPS) is 10.6. The van der Waals surface area contributed by atoms with Crippen LogP contribution in [0.3, 0.4) is 0 Å². The van der Waals surface area contributed by atoms with Crippen LogP contribution in [0.2, 0.25) is 0 Å². The van der Waals surface area contributed by atoms with E-state index in [1.807, 2.05) is 6.07 Å². The van der Waals surface area contributed by atoms with E-state index < -0.39 is 16.4 Å². The molecule has 3 aromatic rings. The Morgan fingerprint density at radius 2 is 2.11 bits per heavy atom. The van der Waals surface area contributed by atoms with E-state index in [1.165, 1.54) is 24.4 Å². The fourth-order valence-electron chi connectivity index (χ4n) is 2.34. The number of aromatic nitrogens is 2. The third-order valence-corrected chi connectivity index (χ3v) is 3.75. The van der Waals surface area contributed by atoms with Gasteiger partial charge < -0.3 is 15.2 Å². The van der Waals surface area contributed by atoms with Crippen molar-refractivity contribution in [3.8, 4) is 17.6 Å². The van der Waals surface area contributed by atoms with Crippen LogP contribution in [0, 0.1) is 21.4 Å². The van der Waals surface area contributed by atoms with E-state index in [-0.39, 0.29) is 17.2 Å². The van der Waals surface area contributed by atoms with Crippen LogP contribution in [0.15, 0.2) is 47.5 Å². The van der Waals surface area contributed by atoms with Crippen LogP contribution in [0.25, 0.3) is 0 Å². The van der Waals surface area contributed by atoms with Gasteiger partial charge in [0.15, 0.2) is 17.4 Å². The summed E-state index contributed by atoms with van der Waals surface area (Å²) in [6, 6.07) is 12.9. The first-order chi connectivity index (χ1) is 13.5. The van der Waals surface area contributed by atoms with Crippen LogP contribution in [0.5, 0.6) is 11.5 Å². The minimum absolute atomic E-state index is 0.181. The van der Waals surface area contributed by atoms with E-state index in [2.05, 4.69) is 20.5 Å². The molecule has 0 aliphatic rings. The highest BCUT2D eigenvalue weighted by molar-refractivity contribution is 5.84. The highest BCUT2D eigenvalue weighted by Crippen LogP contribution is 2.28. The van der Waals surface area contributed by atoms with Crippen molar-refractivity contribution in [3.63, 3.8) is 0 Å². The molecule has 10 nitrogen and oxygen atoms in total. The molecule has 28 heavy (non-hydrogen) atoms. The molecule has 0 saturated heterocycles. The fraction of sp³-hybridized carbons (Fsp3) is 0.0556. The van der Waals surface area contributed by atoms with E-state index in [0.29, 0.717) is 17.0 Å². The van der Waals surface area contributed by atoms with E-state index in [4.69, 9.17) is 4.74 Å². The SMILES string of the molecule is COc1ccc(Nc2n[nH]c(/N=C/c3ccc(O)c([N+](=O)[O-])c3)c2C#N)cc1. The van der Waals surface area contributed by atoms with Gasteiger partial charge in [-0.05, 0) is 42.0 Å². The Balaban J connectivity index is 1.84. The zero-order valence-electron chi connectivity index (χ0n) is 14.6. The number of rotatable bonds is 6. The van der Waals surface area contributed by atoms with Crippen LogP contribution in [0.1, 0.15) is 11.1 Å². The Kier molecular flexibility index (Phi) is 5.18. The molecule has 0 unspecified atom stereocenters. The Hall–Kier alpha value is -4.39. The number of nitrogens with zero attached hydrogens (tertiary/aromatic N) is 4. The van der Waals surface area contributed by atoms with Gasteiger partial charge in [0.1, 0.15) is 17.4 Å². The van der Waals surface area contributed by atoms with Crippen LogP contribution < -0.4 is 10.1 Å². The monoisotopic (exact) mass is 378 g/mol. The Bertz CT molecular complexity index is 1080. The van der Waals surface area contributed by atoms with Crippen LogP contribution in [-0.2, 0) is 0 Å². The van der Waals surface area contributed by atoms with Gasteiger partial charge in [-0.3, -0.25) is 15.2 Å². The predicted molar refractivity (Wildman–Crippen MR) is 102 cm³/mol. The summed E-state index contributed by atoms with van der Waals surface area (Å²) in [4.78, 5) is 14.3. The molecule has 3 rings (SSSR count). The highest BCUT2D eigenvalue weighted by Gasteiger charge is 2.14. The maximum absolute atomic E-state index is 10.9. The molecule has 0 bridgehead atoms. The number of methoxy groups -OCH3 is 1. The smallest absolute Gasteiger partial charge is 0.311 e. The van der Waals surface area contributed by atoms with Gasteiger partial charge in [-0.25, -0.2) is 4.99 Å². The topological polar surface area (TPSA) is 149 Å². The predicted octanol–water partition coefficient (Wildman–Crippen LogP) is 3.40. The summed E-state index contributed by atoms with van der Waals surface area (Å²) in [5.74, 6) is 0.736. The number of ether oxygens (including phenoxy) is 1. The Morgan fingerprint density at radius 1 is 1.36 bits per heavy atom. The molecular formula is C18H14N6O4. The Labute approximate surface area is 158 Å². The number of nitro benzene ring substituents is 1. The molecule has 1 heterocycles. The number of aliphatic imine (C=N–C) groups is 1. The molecule has 0 atom stereocenters. The molecule has 0 aliphatic heterocycles. The summed E-state index contributed by atoms with van der Waals surface area (Å²) in [5, 5.41) is 39.5. The van der Waals surface area contributed by atoms with Crippen molar-refractivity contribution < 1.29 is 14.8 Å². The molecule has 0 saturated carbocycles. The lowest BCUT2D eigenvalue weighted by Crippen LogP contribution is -1.93. The second-order valence-corrected chi connectivity index (χ2v) is 5.52. The average Bonchev–Trinajstić information content (AvgIpc) is 3.09. The van der Waals surface area contributed by atoms with Crippen molar-refractivity contribution in [2.45, 2.75) is 0 Å². The lowest BCUT2D eigenvalue weighted by atomic mass is 10.2. The molecule has 140 valence electrons. The van der Waals surface area contributed by atoms with Crippen molar-refractivity contribution in [3.05, 3.63) is 63.7 Å². The standard InChI is InChI=1S/C18H14N6O4/c1-28-13-5-3-12(4-6-13)21-18-14(9-19)17(22-23-18)20-10-11-2-7-16(25)15(8-11)24(26)27/h2-8,10,25H,1H3,(H2,21,22,23)/b20-10+. The third kappa shape index (κ3) is 3.88. The lowest BCUT2D eigenvalue weighted by molar-refractivity contribution is -0.385. The highest BCUT2D eigenvalue weighted by atomic mass is 16.6. The largest absolute Gasteiger partial charge is 0.502 e. The molecule has 10 heteroatoms. The average molecular weight is 378 g/mol. The number of aromatic hydroxyl groups is 1. The van der Waals surface area contributed by atoms with E-state index >= 15 is 0 Å². The number of hydrogen-bond acceptors (Lipinski definition) is 8. The van der Waals surface area contributed by atoms with Gasteiger partial charge in [-0.15, -0.1) is 0 Å². The minimum Gasteiger partial charge on any atom is -0.502 e. The number of aromatic amines is 1. The van der Waals surface area contributed by atoms with Gasteiger partial charge in [0.25, 0.3) is 0 Å². The van der Waals surface area contributed by atoms with Gasteiger partial charge >= 0.3 is 5.69 Å². The van der Waals surface area contributed by atoms with Gasteiger partial charge in [-0.2, -0.15) is 10.4 Å². The van der Waals surface area contributed by atoms with Crippen LogP contribution >= 0.6 is 0 Å². The molecular weight excluding hydrogens is 364 g/mol. The van der Waals surface area contributed by atoms with Crippen molar-refractivity contribution in [1.29, 1.82) is 5.26 Å². The van der Waals surface area contributed by atoms with Gasteiger partial charge in [0.2, 0.25) is 0 Å². The zero-order valence-corrected chi connectivity index (χ0v) is 14.6. The van der Waals surface area contributed by atoms with Crippen molar-refractivity contribution in [1.82, 2.24) is 10.2 Å². The number of H-pyrrole nitrogens is 1. The van der Waals surface area contributed by atoms with Crippen LogP contribution in [0.4, 0.5) is 23.0 Å². The van der Waals surface area contributed by atoms with Crippen molar-refractivity contribution in [2.24, 2.45) is 4.99 Å². The number of nitro groups is 1. The first-order valence-corrected chi connectivity index (χ1v) is 7.93.